The number of rotatable bonds is 5. The molecule has 7 nitrogen and oxygen atoms in total. The van der Waals surface area contributed by atoms with Gasteiger partial charge in [0, 0.05) is 11.0 Å². The van der Waals surface area contributed by atoms with Crippen molar-refractivity contribution in [2.45, 2.75) is 83.4 Å². The smallest absolute Gasteiger partial charge is 0.415 e. The predicted molar refractivity (Wildman–Crippen MR) is 103 cm³/mol. The van der Waals surface area contributed by atoms with Crippen LogP contribution < -0.4 is 4.72 Å². The molecule has 0 aromatic heterocycles. The van der Waals surface area contributed by atoms with Crippen LogP contribution in [0.5, 0.6) is 0 Å². The third-order valence-corrected chi connectivity index (χ3v) is 7.51. The van der Waals surface area contributed by atoms with E-state index >= 15 is 0 Å². The molecule has 4 saturated carbocycles. The van der Waals surface area contributed by atoms with E-state index in [2.05, 4.69) is 4.72 Å². The van der Waals surface area contributed by atoms with Gasteiger partial charge in [0.15, 0.2) is 0 Å². The van der Waals surface area contributed by atoms with Crippen LogP contribution in [0.4, 0.5) is 4.79 Å². The van der Waals surface area contributed by atoms with E-state index < -0.39 is 15.6 Å². The van der Waals surface area contributed by atoms with E-state index in [-0.39, 0.29) is 28.3 Å². The van der Waals surface area contributed by atoms with Crippen LogP contribution in [0.25, 0.3) is 0 Å². The van der Waals surface area contributed by atoms with E-state index in [0.717, 1.165) is 37.9 Å². The van der Waals surface area contributed by atoms with Gasteiger partial charge in [0.1, 0.15) is 11.4 Å². The number of hydrogen-bond acceptors (Lipinski definition) is 5. The molecule has 1 N–H and O–H groups in total. The van der Waals surface area contributed by atoms with Gasteiger partial charge in [-0.2, -0.15) is 0 Å². The minimum absolute atomic E-state index is 0.188. The summed E-state index contributed by atoms with van der Waals surface area (Å²) in [6.45, 7) is 10.1. The van der Waals surface area contributed by atoms with Crippen LogP contribution in [0.1, 0.15) is 66.7 Å². The first-order chi connectivity index (χ1) is 12.2. The molecule has 4 aliphatic carbocycles. The first-order valence-corrected chi connectivity index (χ1v) is 11.5. The number of carbonyl (C=O) groups excluding carboxylic acids is 1. The van der Waals surface area contributed by atoms with Gasteiger partial charge in [0.05, 0.1) is 17.8 Å². The Bertz CT molecular complexity index is 786. The zero-order valence-corrected chi connectivity index (χ0v) is 17.8. The molecular formula is C19H31N3O4S. The summed E-state index contributed by atoms with van der Waals surface area (Å²) in [5.74, 6) is 1.37. The maximum Gasteiger partial charge on any atom is 0.415 e. The van der Waals surface area contributed by atoms with Gasteiger partial charge in [-0.3, -0.25) is 9.89 Å². The van der Waals surface area contributed by atoms with Crippen LogP contribution in [0.3, 0.4) is 0 Å². The number of ether oxygens (including phenoxy) is 1. The average molecular weight is 398 g/mol. The van der Waals surface area contributed by atoms with Gasteiger partial charge in [-0.25, -0.2) is 17.9 Å². The molecule has 27 heavy (non-hydrogen) atoms. The summed E-state index contributed by atoms with van der Waals surface area (Å²) in [7, 11) is -3.22. The summed E-state index contributed by atoms with van der Waals surface area (Å²) >= 11 is 0. The van der Waals surface area contributed by atoms with Crippen molar-refractivity contribution in [1.82, 2.24) is 9.62 Å². The summed E-state index contributed by atoms with van der Waals surface area (Å²) < 4.78 is 33.2. The predicted octanol–water partition coefficient (Wildman–Crippen LogP) is 2.67. The van der Waals surface area contributed by atoms with E-state index in [1.54, 1.807) is 4.90 Å². The highest BCUT2D eigenvalue weighted by molar-refractivity contribution is 7.89. The van der Waals surface area contributed by atoms with Gasteiger partial charge in [-0.1, -0.05) is 0 Å². The Labute approximate surface area is 162 Å². The van der Waals surface area contributed by atoms with Crippen molar-refractivity contribution in [2.75, 3.05) is 12.3 Å². The lowest BCUT2D eigenvalue weighted by Gasteiger charge is -2.70. The Kier molecular flexibility index (Phi) is 3.88. The molecule has 0 spiro atoms. The molecule has 5 aliphatic rings. The second-order valence-electron chi connectivity index (χ2n) is 10.7. The molecule has 152 valence electrons. The van der Waals surface area contributed by atoms with Crippen LogP contribution in [0, 0.1) is 11.3 Å². The highest BCUT2D eigenvalue weighted by Crippen LogP contribution is 2.69. The number of nitrogens with one attached hydrogen (secondary N) is 1. The van der Waals surface area contributed by atoms with Crippen molar-refractivity contribution in [3.8, 4) is 0 Å². The Hall–Kier alpha value is -1.15. The lowest BCUT2D eigenvalue weighted by Crippen LogP contribution is -2.78. The molecule has 0 atom stereocenters. The van der Waals surface area contributed by atoms with Gasteiger partial charge in [-0.05, 0) is 72.6 Å². The zero-order valence-electron chi connectivity index (χ0n) is 17.0. The first kappa shape index (κ1) is 19.2. The van der Waals surface area contributed by atoms with Crippen LogP contribution in [0.15, 0.2) is 4.99 Å². The van der Waals surface area contributed by atoms with Crippen LogP contribution in [-0.4, -0.2) is 54.2 Å². The summed E-state index contributed by atoms with van der Waals surface area (Å²) in [6, 6.07) is 0. The third-order valence-electron chi connectivity index (χ3n) is 5.85. The third kappa shape index (κ3) is 3.62. The molecule has 1 heterocycles. The van der Waals surface area contributed by atoms with E-state index in [9.17, 15) is 13.2 Å². The Morgan fingerprint density at radius 1 is 1.26 bits per heavy atom. The number of hydrogen-bond donors (Lipinski definition) is 1. The fourth-order valence-corrected chi connectivity index (χ4v) is 6.73. The van der Waals surface area contributed by atoms with Crippen molar-refractivity contribution < 1.29 is 17.9 Å². The number of amidine groups is 1. The maximum absolute atomic E-state index is 12.7. The minimum Gasteiger partial charge on any atom is -0.443 e. The van der Waals surface area contributed by atoms with Gasteiger partial charge in [0.25, 0.3) is 0 Å². The van der Waals surface area contributed by atoms with Crippen molar-refractivity contribution in [3.63, 3.8) is 0 Å². The highest BCUT2D eigenvalue weighted by Gasteiger charge is 2.73. The van der Waals surface area contributed by atoms with Gasteiger partial charge < -0.3 is 4.74 Å². The average Bonchev–Trinajstić information content (AvgIpc) is 3.11. The largest absolute Gasteiger partial charge is 0.443 e. The topological polar surface area (TPSA) is 88.1 Å². The molecule has 2 bridgehead atoms. The second kappa shape index (κ2) is 5.47. The molecule has 8 heteroatoms. The number of aliphatic imine (C=N–C) groups is 1. The molecule has 0 radical (unpaired) electrons. The molecule has 0 unspecified atom stereocenters. The fourth-order valence-electron chi connectivity index (χ4n) is 4.82. The molecule has 0 aromatic carbocycles. The van der Waals surface area contributed by atoms with E-state index in [4.69, 9.17) is 9.73 Å². The normalized spacial score (nSPS) is 34.6. The number of sulfonamides is 1. The Balaban J connectivity index is 1.45. The number of amides is 1. The Morgan fingerprint density at radius 2 is 1.85 bits per heavy atom. The van der Waals surface area contributed by atoms with Gasteiger partial charge in [0.2, 0.25) is 10.0 Å². The molecular weight excluding hydrogens is 366 g/mol. The summed E-state index contributed by atoms with van der Waals surface area (Å²) in [4.78, 5) is 19.2. The lowest BCUT2D eigenvalue weighted by molar-refractivity contribution is -0.0909. The Morgan fingerprint density at radius 3 is 2.37 bits per heavy atom. The van der Waals surface area contributed by atoms with Crippen LogP contribution in [0.2, 0.25) is 0 Å². The van der Waals surface area contributed by atoms with Crippen molar-refractivity contribution in [2.24, 2.45) is 16.3 Å². The van der Waals surface area contributed by atoms with Crippen LogP contribution >= 0.6 is 0 Å². The molecule has 0 aromatic rings. The van der Waals surface area contributed by atoms with Crippen molar-refractivity contribution >= 4 is 22.0 Å². The number of carbonyl (C=O) groups is 1. The first-order valence-electron chi connectivity index (χ1n) is 9.85. The fraction of sp³-hybridized carbons (Fsp3) is 0.895. The second-order valence-corrected chi connectivity index (χ2v) is 12.5. The molecule has 1 amide bonds. The van der Waals surface area contributed by atoms with Gasteiger partial charge >= 0.3 is 6.09 Å². The quantitative estimate of drug-likeness (QED) is 0.772. The SMILES string of the molecule is CC1(C)CN(C(=O)OC(C)(C)C)C(C23CC(NS(=O)(=O)CC4CC4)(C2)C3)=N1. The molecule has 4 fully saturated rings. The summed E-state index contributed by atoms with van der Waals surface area (Å²) in [5, 5.41) is 0. The van der Waals surface area contributed by atoms with E-state index in [1.165, 1.54) is 0 Å². The van der Waals surface area contributed by atoms with Crippen molar-refractivity contribution in [3.05, 3.63) is 0 Å². The maximum atomic E-state index is 12.7. The van der Waals surface area contributed by atoms with Gasteiger partial charge in [-0.15, -0.1) is 0 Å². The standard InChI is InChI=1S/C19H31N3O4S/c1-16(2,3)26-15(23)22-12-17(4,5)20-14(22)18-9-19(10-18,11-18)21-27(24,25)8-13-6-7-13/h13,21H,6-12H2,1-5H3. The monoisotopic (exact) mass is 397 g/mol. The molecule has 1 aliphatic heterocycles. The molecule has 0 saturated heterocycles. The highest BCUT2D eigenvalue weighted by atomic mass is 32.2. The van der Waals surface area contributed by atoms with E-state index in [1.807, 2.05) is 34.6 Å². The minimum atomic E-state index is -3.22. The lowest BCUT2D eigenvalue weighted by atomic mass is 9.39. The molecule has 5 rings (SSSR count). The summed E-state index contributed by atoms with van der Waals surface area (Å²) in [6.07, 6.45) is 3.84. The summed E-state index contributed by atoms with van der Waals surface area (Å²) in [5.41, 5.74) is -1.43. The zero-order chi connectivity index (χ0) is 19.9. The number of nitrogens with zero attached hydrogens (tertiary/aromatic N) is 2. The van der Waals surface area contributed by atoms with Crippen LogP contribution in [-0.2, 0) is 14.8 Å². The van der Waals surface area contributed by atoms with E-state index in [0.29, 0.717) is 12.5 Å². The van der Waals surface area contributed by atoms with Crippen molar-refractivity contribution in [1.29, 1.82) is 0 Å².